The SMILES string of the molecule is O=C1CC(=O)N(c2ccc3c(c2)C(O)CCC3)C1. The van der Waals surface area contributed by atoms with Crippen molar-refractivity contribution in [3.05, 3.63) is 29.3 Å². The van der Waals surface area contributed by atoms with Gasteiger partial charge in [-0.3, -0.25) is 9.59 Å². The molecule has 1 N–H and O–H groups in total. The monoisotopic (exact) mass is 245 g/mol. The zero-order chi connectivity index (χ0) is 12.7. The molecule has 2 aliphatic rings. The standard InChI is InChI=1S/C14H15NO3/c16-11-7-14(18)15(8-11)10-5-4-9-2-1-3-13(17)12(9)6-10/h4-6,13,17H,1-3,7-8H2. The van der Waals surface area contributed by atoms with Gasteiger partial charge in [-0.15, -0.1) is 0 Å². The van der Waals surface area contributed by atoms with Gasteiger partial charge in [-0.05, 0) is 42.5 Å². The van der Waals surface area contributed by atoms with E-state index in [1.165, 1.54) is 4.90 Å². The van der Waals surface area contributed by atoms with Gasteiger partial charge in [-0.2, -0.15) is 0 Å². The molecule has 0 radical (unpaired) electrons. The van der Waals surface area contributed by atoms with Crippen molar-refractivity contribution in [2.24, 2.45) is 0 Å². The molecule has 4 nitrogen and oxygen atoms in total. The third kappa shape index (κ3) is 1.82. The lowest BCUT2D eigenvalue weighted by atomic mass is 9.89. The fraction of sp³-hybridized carbons (Fsp3) is 0.429. The third-order valence-corrected chi connectivity index (χ3v) is 3.71. The van der Waals surface area contributed by atoms with Crippen molar-refractivity contribution in [3.63, 3.8) is 0 Å². The van der Waals surface area contributed by atoms with Crippen LogP contribution in [0.2, 0.25) is 0 Å². The molecule has 0 saturated carbocycles. The van der Waals surface area contributed by atoms with E-state index in [0.717, 1.165) is 36.1 Å². The van der Waals surface area contributed by atoms with Crippen LogP contribution >= 0.6 is 0 Å². The highest BCUT2D eigenvalue weighted by molar-refractivity contribution is 6.15. The highest BCUT2D eigenvalue weighted by atomic mass is 16.3. The van der Waals surface area contributed by atoms with Gasteiger partial charge in [-0.1, -0.05) is 6.07 Å². The van der Waals surface area contributed by atoms with Crippen molar-refractivity contribution < 1.29 is 14.7 Å². The summed E-state index contributed by atoms with van der Waals surface area (Å²) < 4.78 is 0. The lowest BCUT2D eigenvalue weighted by Crippen LogP contribution is -2.25. The molecule has 3 rings (SSSR count). The van der Waals surface area contributed by atoms with E-state index in [0.29, 0.717) is 0 Å². The minimum Gasteiger partial charge on any atom is -0.388 e. The zero-order valence-corrected chi connectivity index (χ0v) is 10.1. The number of aryl methyl sites for hydroxylation is 1. The summed E-state index contributed by atoms with van der Waals surface area (Å²) in [6.45, 7) is 0.160. The highest BCUT2D eigenvalue weighted by Gasteiger charge is 2.29. The molecule has 1 heterocycles. The van der Waals surface area contributed by atoms with Crippen LogP contribution in [0.15, 0.2) is 18.2 Å². The molecule has 1 fully saturated rings. The van der Waals surface area contributed by atoms with Crippen LogP contribution < -0.4 is 4.90 Å². The number of aliphatic hydroxyl groups excluding tert-OH is 1. The van der Waals surface area contributed by atoms with Crippen molar-refractivity contribution in [2.75, 3.05) is 11.4 Å². The second kappa shape index (κ2) is 4.21. The first-order valence-corrected chi connectivity index (χ1v) is 6.28. The smallest absolute Gasteiger partial charge is 0.234 e. The summed E-state index contributed by atoms with van der Waals surface area (Å²) in [5.74, 6) is -0.191. The van der Waals surface area contributed by atoms with Crippen molar-refractivity contribution in [3.8, 4) is 0 Å². The van der Waals surface area contributed by atoms with E-state index in [1.807, 2.05) is 18.2 Å². The number of amides is 1. The first-order chi connectivity index (χ1) is 8.65. The van der Waals surface area contributed by atoms with E-state index in [1.54, 1.807) is 0 Å². The normalized spacial score (nSPS) is 23.4. The Bertz CT molecular complexity index is 524. The summed E-state index contributed by atoms with van der Waals surface area (Å²) in [6.07, 6.45) is 2.29. The molecule has 1 aliphatic carbocycles. The fourth-order valence-corrected chi connectivity index (χ4v) is 2.75. The summed E-state index contributed by atoms with van der Waals surface area (Å²) >= 11 is 0. The van der Waals surface area contributed by atoms with Gasteiger partial charge in [0.25, 0.3) is 0 Å². The van der Waals surface area contributed by atoms with Crippen molar-refractivity contribution in [1.82, 2.24) is 0 Å². The minimum absolute atomic E-state index is 0.000359. The topological polar surface area (TPSA) is 57.6 Å². The number of hydrogen-bond acceptors (Lipinski definition) is 3. The van der Waals surface area contributed by atoms with Crippen LogP contribution in [0.1, 0.15) is 36.5 Å². The van der Waals surface area contributed by atoms with Gasteiger partial charge in [0.15, 0.2) is 5.78 Å². The largest absolute Gasteiger partial charge is 0.388 e. The summed E-state index contributed by atoms with van der Waals surface area (Å²) in [5.41, 5.74) is 2.78. The number of ketones is 1. The van der Waals surface area contributed by atoms with Gasteiger partial charge in [-0.25, -0.2) is 0 Å². The lowest BCUT2D eigenvalue weighted by Gasteiger charge is -2.24. The molecule has 0 spiro atoms. The Labute approximate surface area is 105 Å². The molecule has 0 aromatic heterocycles. The summed E-state index contributed by atoms with van der Waals surface area (Å²) in [4.78, 5) is 24.5. The van der Waals surface area contributed by atoms with Gasteiger partial charge in [0.2, 0.25) is 5.91 Å². The van der Waals surface area contributed by atoms with E-state index >= 15 is 0 Å². The van der Waals surface area contributed by atoms with Crippen LogP contribution in [0.3, 0.4) is 0 Å². The quantitative estimate of drug-likeness (QED) is 0.760. The number of fused-ring (bicyclic) bond motifs is 1. The molecule has 1 amide bonds. The van der Waals surface area contributed by atoms with Crippen molar-refractivity contribution in [2.45, 2.75) is 31.8 Å². The number of nitrogens with zero attached hydrogens (tertiary/aromatic N) is 1. The number of benzene rings is 1. The molecule has 94 valence electrons. The predicted octanol–water partition coefficient (Wildman–Crippen LogP) is 1.36. The molecular weight excluding hydrogens is 230 g/mol. The van der Waals surface area contributed by atoms with Gasteiger partial charge in [0.1, 0.15) is 0 Å². The van der Waals surface area contributed by atoms with Crippen LogP contribution in [0.5, 0.6) is 0 Å². The van der Waals surface area contributed by atoms with Crippen LogP contribution in [0.25, 0.3) is 0 Å². The summed E-state index contributed by atoms with van der Waals surface area (Å²) in [7, 11) is 0. The van der Waals surface area contributed by atoms with Crippen LogP contribution in [0, 0.1) is 0 Å². The van der Waals surface area contributed by atoms with E-state index in [-0.39, 0.29) is 24.7 Å². The van der Waals surface area contributed by atoms with Gasteiger partial charge >= 0.3 is 0 Å². The molecule has 1 unspecified atom stereocenters. The first-order valence-electron chi connectivity index (χ1n) is 6.28. The molecule has 1 atom stereocenters. The van der Waals surface area contributed by atoms with Crippen LogP contribution in [-0.4, -0.2) is 23.3 Å². The van der Waals surface area contributed by atoms with Gasteiger partial charge < -0.3 is 10.0 Å². The Hall–Kier alpha value is -1.68. The predicted molar refractivity (Wildman–Crippen MR) is 66.3 cm³/mol. The Morgan fingerprint density at radius 1 is 1.28 bits per heavy atom. The third-order valence-electron chi connectivity index (χ3n) is 3.71. The number of rotatable bonds is 1. The number of anilines is 1. The Morgan fingerprint density at radius 2 is 2.11 bits per heavy atom. The first kappa shape index (κ1) is 11.4. The molecule has 1 aromatic carbocycles. The average Bonchev–Trinajstić information content (AvgIpc) is 2.69. The molecule has 0 bridgehead atoms. The minimum atomic E-state index is -0.442. The molecular formula is C14H15NO3. The Balaban J connectivity index is 1.97. The molecule has 1 aromatic rings. The number of Topliss-reactive ketones (excluding diaryl/α,β-unsaturated/α-hetero) is 1. The van der Waals surface area contributed by atoms with Crippen molar-refractivity contribution in [1.29, 1.82) is 0 Å². The maximum atomic E-state index is 11.7. The second-order valence-electron chi connectivity index (χ2n) is 4.99. The Kier molecular flexibility index (Phi) is 2.67. The molecule has 1 aliphatic heterocycles. The maximum Gasteiger partial charge on any atom is 0.234 e. The maximum absolute atomic E-state index is 11.7. The van der Waals surface area contributed by atoms with E-state index < -0.39 is 6.10 Å². The number of carbonyl (C=O) groups excluding carboxylic acids is 2. The molecule has 4 heteroatoms. The van der Waals surface area contributed by atoms with Gasteiger partial charge in [0.05, 0.1) is 19.1 Å². The highest BCUT2D eigenvalue weighted by Crippen LogP contribution is 2.33. The molecule has 1 saturated heterocycles. The van der Waals surface area contributed by atoms with E-state index in [4.69, 9.17) is 0 Å². The lowest BCUT2D eigenvalue weighted by molar-refractivity contribution is -0.121. The number of carbonyl (C=O) groups is 2. The zero-order valence-electron chi connectivity index (χ0n) is 10.1. The Morgan fingerprint density at radius 3 is 2.83 bits per heavy atom. The van der Waals surface area contributed by atoms with Crippen molar-refractivity contribution >= 4 is 17.4 Å². The van der Waals surface area contributed by atoms with Gasteiger partial charge in [0, 0.05) is 5.69 Å². The average molecular weight is 245 g/mol. The second-order valence-corrected chi connectivity index (χ2v) is 4.99. The fourth-order valence-electron chi connectivity index (χ4n) is 2.75. The van der Waals surface area contributed by atoms with Crippen LogP contribution in [-0.2, 0) is 16.0 Å². The number of aliphatic hydroxyl groups is 1. The summed E-state index contributed by atoms with van der Waals surface area (Å²) in [5, 5.41) is 9.98. The van der Waals surface area contributed by atoms with E-state index in [2.05, 4.69) is 0 Å². The molecule has 18 heavy (non-hydrogen) atoms. The summed E-state index contributed by atoms with van der Waals surface area (Å²) in [6, 6.07) is 5.69. The number of hydrogen-bond donors (Lipinski definition) is 1. The van der Waals surface area contributed by atoms with Crippen LogP contribution in [0.4, 0.5) is 5.69 Å². The van der Waals surface area contributed by atoms with E-state index in [9.17, 15) is 14.7 Å².